The summed E-state index contributed by atoms with van der Waals surface area (Å²) >= 11 is 0. The second-order valence-electron chi connectivity index (χ2n) is 12.9. The second-order valence-corrected chi connectivity index (χ2v) is 12.9. The van der Waals surface area contributed by atoms with Gasteiger partial charge in [-0.15, -0.1) is 0 Å². The van der Waals surface area contributed by atoms with E-state index in [1.165, 1.54) is 0 Å². The molecule has 7 aromatic rings. The number of hydrogen-bond donors (Lipinski definition) is 2. The first-order chi connectivity index (χ1) is 25.6. The van der Waals surface area contributed by atoms with Gasteiger partial charge in [0.25, 0.3) is 0 Å². The predicted octanol–water partition coefficient (Wildman–Crippen LogP) is 10.5. The predicted molar refractivity (Wildman–Crippen MR) is 212 cm³/mol. The largest absolute Gasteiger partial charge is 0.490 e. The van der Waals surface area contributed by atoms with Crippen molar-refractivity contribution in [2.75, 3.05) is 26.4 Å². The highest BCUT2D eigenvalue weighted by Crippen LogP contribution is 2.50. The van der Waals surface area contributed by atoms with Gasteiger partial charge in [-0.05, 0) is 70.1 Å². The topological polar surface area (TPSA) is 58.9 Å². The maximum Gasteiger partial charge on any atom is 0.135 e. The van der Waals surface area contributed by atoms with Gasteiger partial charge in [0, 0.05) is 27.7 Å². The molecule has 258 valence electrons. The van der Waals surface area contributed by atoms with E-state index in [1.54, 1.807) is 0 Å². The molecule has 0 fully saturated rings. The third-order valence-electron chi connectivity index (χ3n) is 9.70. The molecular formula is C48H42O4. The Hall–Kier alpha value is -5.94. The van der Waals surface area contributed by atoms with Crippen LogP contribution in [0.4, 0.5) is 0 Å². The van der Waals surface area contributed by atoms with Gasteiger partial charge in [0.15, 0.2) is 0 Å². The normalized spacial score (nSPS) is 11.3. The zero-order valence-corrected chi connectivity index (χ0v) is 29.3. The van der Waals surface area contributed by atoms with Crippen LogP contribution in [-0.4, -0.2) is 36.6 Å². The highest BCUT2D eigenvalue weighted by Gasteiger charge is 2.35. The van der Waals surface area contributed by atoms with Crippen LogP contribution >= 0.6 is 0 Å². The quantitative estimate of drug-likeness (QED) is 0.119. The summed E-state index contributed by atoms with van der Waals surface area (Å²) in [5.41, 5.74) is 10.5. The molecule has 0 saturated carbocycles. The Labute approximate surface area is 306 Å². The summed E-state index contributed by atoms with van der Waals surface area (Å²) in [5, 5.41) is 19.8. The van der Waals surface area contributed by atoms with Crippen molar-refractivity contribution in [1.82, 2.24) is 0 Å². The third-order valence-corrected chi connectivity index (χ3v) is 9.70. The maximum atomic E-state index is 9.90. The van der Waals surface area contributed by atoms with Gasteiger partial charge in [0.1, 0.15) is 24.7 Å². The summed E-state index contributed by atoms with van der Waals surface area (Å²) < 4.78 is 12.9. The lowest BCUT2D eigenvalue weighted by molar-refractivity contribution is 0.202. The third kappa shape index (κ3) is 7.00. The average molecular weight is 683 g/mol. The Morgan fingerprint density at radius 1 is 0.385 bits per heavy atom. The molecule has 0 atom stereocenters. The zero-order chi connectivity index (χ0) is 35.8. The molecule has 2 N–H and O–H groups in total. The molecule has 0 heterocycles. The van der Waals surface area contributed by atoms with E-state index in [-0.39, 0.29) is 26.4 Å². The van der Waals surface area contributed by atoms with Crippen LogP contribution in [0.2, 0.25) is 0 Å². The smallest absolute Gasteiger partial charge is 0.135 e. The van der Waals surface area contributed by atoms with Crippen LogP contribution in [-0.2, 0) is 5.41 Å². The highest BCUT2D eigenvalue weighted by molar-refractivity contribution is 5.87. The highest BCUT2D eigenvalue weighted by atomic mass is 16.5. The molecule has 0 spiro atoms. The molecule has 0 unspecified atom stereocenters. The van der Waals surface area contributed by atoms with E-state index in [0.717, 1.165) is 72.7 Å². The minimum absolute atomic E-state index is 0.0961. The first-order valence-corrected chi connectivity index (χ1v) is 17.7. The van der Waals surface area contributed by atoms with Crippen molar-refractivity contribution in [2.24, 2.45) is 0 Å². The van der Waals surface area contributed by atoms with Crippen LogP contribution in [0.15, 0.2) is 176 Å². The molecule has 4 heteroatoms. The van der Waals surface area contributed by atoms with Gasteiger partial charge in [-0.25, -0.2) is 0 Å². The molecular weight excluding hydrogens is 641 g/mol. The lowest BCUT2D eigenvalue weighted by Crippen LogP contribution is -2.26. The number of ether oxygens (including phenoxy) is 2. The van der Waals surface area contributed by atoms with Crippen molar-refractivity contribution in [1.29, 1.82) is 0 Å². The van der Waals surface area contributed by atoms with Crippen LogP contribution in [0.25, 0.3) is 44.5 Å². The molecule has 0 aliphatic carbocycles. The van der Waals surface area contributed by atoms with Gasteiger partial charge < -0.3 is 19.7 Å². The fourth-order valence-electron chi connectivity index (χ4n) is 7.04. The molecule has 0 saturated heterocycles. The van der Waals surface area contributed by atoms with Crippen LogP contribution in [0.1, 0.15) is 23.6 Å². The Morgan fingerprint density at radius 3 is 0.923 bits per heavy atom. The fraction of sp³-hybridized carbons (Fsp3) is 0.125. The van der Waals surface area contributed by atoms with Crippen molar-refractivity contribution in [3.8, 4) is 56.0 Å². The van der Waals surface area contributed by atoms with Crippen LogP contribution in [0.5, 0.6) is 11.5 Å². The van der Waals surface area contributed by atoms with Crippen molar-refractivity contribution < 1.29 is 19.7 Å². The van der Waals surface area contributed by atoms with E-state index < -0.39 is 5.41 Å². The van der Waals surface area contributed by atoms with Gasteiger partial charge in [-0.2, -0.15) is 0 Å². The number of rotatable bonds is 13. The summed E-state index contributed by atoms with van der Waals surface area (Å²) in [7, 11) is 0. The standard InChI is InChI=1S/C48H42O4/c1-48(39-25-15-6-16-26-39,40-31-42(35-17-7-2-8-18-35)46(51-29-27-49)43(32-40)36-19-9-3-10-20-36)41-33-44(37-21-11-4-12-22-37)47(52-30-28-50)45(34-41)38-23-13-5-14-24-38/h2-26,31-34,49-50H,27-30H2,1H3. The first-order valence-electron chi connectivity index (χ1n) is 17.7. The summed E-state index contributed by atoms with van der Waals surface area (Å²) in [6, 6.07) is 60.9. The lowest BCUT2D eigenvalue weighted by Gasteiger charge is -2.35. The van der Waals surface area contributed by atoms with E-state index in [0.29, 0.717) is 0 Å². The van der Waals surface area contributed by atoms with Gasteiger partial charge in [0.2, 0.25) is 0 Å². The SMILES string of the molecule is CC(c1ccccc1)(c1cc(-c2ccccc2)c(OCCO)c(-c2ccccc2)c1)c1cc(-c2ccccc2)c(OCCO)c(-c2ccccc2)c1. The summed E-state index contributed by atoms with van der Waals surface area (Å²) in [6.07, 6.45) is 0. The summed E-state index contributed by atoms with van der Waals surface area (Å²) in [5.74, 6) is 1.46. The molecule has 0 amide bonds. The van der Waals surface area contributed by atoms with Crippen molar-refractivity contribution in [2.45, 2.75) is 12.3 Å². The van der Waals surface area contributed by atoms with Gasteiger partial charge in [-0.3, -0.25) is 0 Å². The Balaban J connectivity index is 1.59. The fourth-order valence-corrected chi connectivity index (χ4v) is 7.04. The molecule has 7 rings (SSSR count). The monoisotopic (exact) mass is 682 g/mol. The van der Waals surface area contributed by atoms with Crippen LogP contribution < -0.4 is 9.47 Å². The summed E-state index contributed by atoms with van der Waals surface area (Å²) in [4.78, 5) is 0. The molecule has 7 aromatic carbocycles. The molecule has 0 aliphatic rings. The van der Waals surface area contributed by atoms with Crippen LogP contribution in [0, 0.1) is 0 Å². The first kappa shape index (κ1) is 34.5. The van der Waals surface area contributed by atoms with E-state index in [4.69, 9.17) is 9.47 Å². The summed E-state index contributed by atoms with van der Waals surface area (Å²) in [6.45, 7) is 2.45. The zero-order valence-electron chi connectivity index (χ0n) is 29.3. The molecule has 0 aromatic heterocycles. The molecule has 0 radical (unpaired) electrons. The van der Waals surface area contributed by atoms with E-state index in [9.17, 15) is 10.2 Å². The number of aliphatic hydroxyl groups excluding tert-OH is 2. The van der Waals surface area contributed by atoms with Gasteiger partial charge >= 0.3 is 0 Å². The van der Waals surface area contributed by atoms with Gasteiger partial charge in [-0.1, -0.05) is 152 Å². The van der Waals surface area contributed by atoms with E-state index >= 15 is 0 Å². The minimum Gasteiger partial charge on any atom is -0.490 e. The second kappa shape index (κ2) is 15.9. The maximum absolute atomic E-state index is 9.90. The van der Waals surface area contributed by atoms with Crippen molar-refractivity contribution in [3.63, 3.8) is 0 Å². The number of aliphatic hydroxyl groups is 2. The van der Waals surface area contributed by atoms with E-state index in [2.05, 4.69) is 110 Å². The molecule has 0 bridgehead atoms. The van der Waals surface area contributed by atoms with Crippen LogP contribution in [0.3, 0.4) is 0 Å². The lowest BCUT2D eigenvalue weighted by atomic mass is 9.69. The molecule has 4 nitrogen and oxygen atoms in total. The average Bonchev–Trinajstić information content (AvgIpc) is 3.23. The number of hydrogen-bond acceptors (Lipinski definition) is 4. The van der Waals surface area contributed by atoms with Crippen molar-refractivity contribution in [3.05, 3.63) is 193 Å². The van der Waals surface area contributed by atoms with Gasteiger partial charge in [0.05, 0.1) is 13.2 Å². The Bertz CT molecular complexity index is 1940. The van der Waals surface area contributed by atoms with Crippen molar-refractivity contribution >= 4 is 0 Å². The molecule has 0 aliphatic heterocycles. The minimum atomic E-state index is -0.674. The van der Waals surface area contributed by atoms with E-state index in [1.807, 2.05) is 72.8 Å². The number of benzene rings is 7. The molecule has 52 heavy (non-hydrogen) atoms. The Morgan fingerprint density at radius 2 is 0.654 bits per heavy atom. The Kier molecular flexibility index (Phi) is 10.6.